The molecule has 0 atom stereocenters. The zero-order valence-corrected chi connectivity index (χ0v) is 10.1. The van der Waals surface area contributed by atoms with E-state index < -0.39 is 22.0 Å². The van der Waals surface area contributed by atoms with Gasteiger partial charge in [0.2, 0.25) is 0 Å². The monoisotopic (exact) mass is 314 g/mol. The van der Waals surface area contributed by atoms with Gasteiger partial charge >= 0.3 is 6.18 Å². The third-order valence-corrected chi connectivity index (χ3v) is 2.60. The summed E-state index contributed by atoms with van der Waals surface area (Å²) in [5, 5.41) is 0. The van der Waals surface area contributed by atoms with Gasteiger partial charge in [0.05, 0.1) is 16.4 Å². The second-order valence-electron chi connectivity index (χ2n) is 1.83. The first-order valence-corrected chi connectivity index (χ1v) is 6.25. The fraction of sp³-hybridized carbons (Fsp3) is 1.00. The summed E-state index contributed by atoms with van der Waals surface area (Å²) < 4.78 is 39.3. The van der Waals surface area contributed by atoms with Crippen molar-refractivity contribution < 1.29 is 17.6 Å². The number of hydrogen-bond acceptors (Lipinski definition) is 1. The van der Waals surface area contributed by atoms with Crippen LogP contribution in [0.4, 0.5) is 13.2 Å². The highest BCUT2D eigenvalue weighted by Gasteiger charge is 2.26. The molecular formula is C4H7Br2F3OSi. The molecule has 7 heteroatoms. The first-order valence-electron chi connectivity index (χ1n) is 2.84. The Labute approximate surface area is 81.9 Å². The Morgan fingerprint density at radius 2 is 1.91 bits per heavy atom. The summed E-state index contributed by atoms with van der Waals surface area (Å²) in [4.78, 5) is 0. The van der Waals surface area contributed by atoms with E-state index in [-0.39, 0.29) is 3.74 Å². The Bertz CT molecular complexity index is 108. The van der Waals surface area contributed by atoms with E-state index in [2.05, 4.69) is 31.9 Å². The maximum Gasteiger partial charge on any atom is 0.388 e. The molecule has 0 aromatic heterocycles. The highest BCUT2D eigenvalue weighted by Crippen LogP contribution is 2.19. The lowest BCUT2D eigenvalue weighted by atomic mass is 10.8. The minimum absolute atomic E-state index is 0.0456. The highest BCUT2D eigenvalue weighted by molar-refractivity contribution is 9.24. The van der Waals surface area contributed by atoms with Crippen LogP contribution in [0.25, 0.3) is 0 Å². The smallest absolute Gasteiger partial charge is 0.388 e. The highest BCUT2D eigenvalue weighted by atomic mass is 79.9. The fourth-order valence-electron chi connectivity index (χ4n) is 0.360. The van der Waals surface area contributed by atoms with Gasteiger partial charge in [-0.2, -0.15) is 13.2 Å². The third-order valence-electron chi connectivity index (χ3n) is 0.774. The standard InChI is InChI=1S/C4H7Br2F3OSi/c5-3(6)1-10-11-2-4(7,8)9/h3H,1-2,11H2. The molecule has 0 aliphatic rings. The molecule has 0 unspecified atom stereocenters. The van der Waals surface area contributed by atoms with Crippen molar-refractivity contribution in [1.82, 2.24) is 0 Å². The Kier molecular flexibility index (Phi) is 6.02. The molecule has 0 aliphatic carbocycles. The molecule has 0 aliphatic heterocycles. The first kappa shape index (κ1) is 11.9. The quantitative estimate of drug-likeness (QED) is 0.439. The van der Waals surface area contributed by atoms with Gasteiger partial charge in [-0.25, -0.2) is 0 Å². The molecule has 0 radical (unpaired) electrons. The van der Waals surface area contributed by atoms with E-state index >= 15 is 0 Å². The van der Waals surface area contributed by atoms with E-state index in [9.17, 15) is 13.2 Å². The SMILES string of the molecule is FC(F)(F)C[SiH2]OCC(Br)Br. The van der Waals surface area contributed by atoms with E-state index in [1.807, 2.05) is 0 Å². The molecule has 0 rings (SSSR count). The van der Waals surface area contributed by atoms with Crippen LogP contribution in [0.2, 0.25) is 6.04 Å². The minimum atomic E-state index is -4.06. The minimum Gasteiger partial charge on any atom is -0.422 e. The van der Waals surface area contributed by atoms with Gasteiger partial charge in [-0.05, 0) is 0 Å². The summed E-state index contributed by atoms with van der Waals surface area (Å²) in [7, 11) is -1.42. The first-order chi connectivity index (χ1) is 4.92. The van der Waals surface area contributed by atoms with Crippen molar-refractivity contribution in [2.75, 3.05) is 6.61 Å². The van der Waals surface area contributed by atoms with Gasteiger partial charge in [-0.15, -0.1) is 0 Å². The van der Waals surface area contributed by atoms with Crippen LogP contribution in [0.3, 0.4) is 0 Å². The van der Waals surface area contributed by atoms with E-state index in [4.69, 9.17) is 4.43 Å². The number of hydrogen-bond donors (Lipinski definition) is 0. The van der Waals surface area contributed by atoms with E-state index in [0.29, 0.717) is 6.61 Å². The molecule has 0 amide bonds. The van der Waals surface area contributed by atoms with Gasteiger partial charge in [0.1, 0.15) is 0 Å². The van der Waals surface area contributed by atoms with E-state index in [1.165, 1.54) is 0 Å². The lowest BCUT2D eigenvalue weighted by molar-refractivity contribution is -0.111. The molecule has 0 bridgehead atoms. The summed E-state index contributed by atoms with van der Waals surface area (Å²) in [6, 6.07) is -0.750. The second-order valence-corrected chi connectivity index (χ2v) is 6.59. The molecule has 0 heterocycles. The molecule has 0 spiro atoms. The maximum absolute atomic E-state index is 11.5. The van der Waals surface area contributed by atoms with Crippen LogP contribution in [0, 0.1) is 0 Å². The molecule has 11 heavy (non-hydrogen) atoms. The molecule has 0 saturated heterocycles. The Morgan fingerprint density at radius 3 is 2.27 bits per heavy atom. The van der Waals surface area contributed by atoms with Gasteiger partial charge in [-0.1, -0.05) is 31.9 Å². The van der Waals surface area contributed by atoms with Gasteiger partial charge in [-0.3, -0.25) is 0 Å². The van der Waals surface area contributed by atoms with Gasteiger partial charge < -0.3 is 4.43 Å². The average molecular weight is 316 g/mol. The molecule has 0 fully saturated rings. The zero-order valence-electron chi connectivity index (χ0n) is 5.50. The molecule has 0 saturated carbocycles. The van der Waals surface area contributed by atoms with Crippen molar-refractivity contribution in [3.63, 3.8) is 0 Å². The van der Waals surface area contributed by atoms with Crippen LogP contribution >= 0.6 is 31.9 Å². The second kappa shape index (κ2) is 5.55. The molecular weight excluding hydrogens is 309 g/mol. The van der Waals surface area contributed by atoms with Crippen LogP contribution in [-0.4, -0.2) is 26.3 Å². The van der Waals surface area contributed by atoms with E-state index in [0.717, 1.165) is 0 Å². The van der Waals surface area contributed by atoms with Gasteiger partial charge in [0, 0.05) is 0 Å². The number of rotatable bonds is 4. The summed E-state index contributed by atoms with van der Waals surface area (Å²) in [6.07, 6.45) is -4.06. The van der Waals surface area contributed by atoms with Crippen molar-refractivity contribution in [2.45, 2.75) is 16.0 Å². The Morgan fingerprint density at radius 1 is 1.36 bits per heavy atom. The summed E-state index contributed by atoms with van der Waals surface area (Å²) >= 11 is 6.18. The lowest BCUT2D eigenvalue weighted by Crippen LogP contribution is -2.14. The van der Waals surface area contributed by atoms with Crippen molar-refractivity contribution in [3.05, 3.63) is 0 Å². The van der Waals surface area contributed by atoms with Gasteiger partial charge in [0.25, 0.3) is 0 Å². The van der Waals surface area contributed by atoms with Gasteiger partial charge in [0.15, 0.2) is 9.76 Å². The molecule has 68 valence electrons. The van der Waals surface area contributed by atoms with Crippen molar-refractivity contribution in [3.8, 4) is 0 Å². The predicted octanol–water partition coefficient (Wildman–Crippen LogP) is 2.18. The fourth-order valence-corrected chi connectivity index (χ4v) is 2.20. The van der Waals surface area contributed by atoms with Crippen LogP contribution in [0.5, 0.6) is 0 Å². The molecule has 0 aromatic rings. The van der Waals surface area contributed by atoms with Crippen LogP contribution in [0.15, 0.2) is 0 Å². The largest absolute Gasteiger partial charge is 0.422 e. The van der Waals surface area contributed by atoms with Crippen LogP contribution in [-0.2, 0) is 4.43 Å². The third kappa shape index (κ3) is 10.9. The molecule has 0 N–H and O–H groups in total. The molecule has 1 nitrogen and oxygen atoms in total. The summed E-state index contributed by atoms with van der Waals surface area (Å²) in [5.74, 6) is 0. The topological polar surface area (TPSA) is 9.23 Å². The normalized spacial score (nSPS) is 13.6. The number of halogens is 5. The molecule has 0 aromatic carbocycles. The van der Waals surface area contributed by atoms with E-state index in [1.54, 1.807) is 0 Å². The van der Waals surface area contributed by atoms with Crippen molar-refractivity contribution in [1.29, 1.82) is 0 Å². The average Bonchev–Trinajstić information content (AvgIpc) is 1.78. The number of alkyl halides is 5. The van der Waals surface area contributed by atoms with Crippen molar-refractivity contribution in [2.24, 2.45) is 0 Å². The van der Waals surface area contributed by atoms with Crippen LogP contribution < -0.4 is 0 Å². The zero-order chi connectivity index (χ0) is 8.91. The Balaban J connectivity index is 3.15. The van der Waals surface area contributed by atoms with Crippen molar-refractivity contribution >= 4 is 41.6 Å². The predicted molar refractivity (Wildman–Crippen MR) is 47.0 cm³/mol. The van der Waals surface area contributed by atoms with Crippen LogP contribution in [0.1, 0.15) is 0 Å². The maximum atomic E-state index is 11.5. The lowest BCUT2D eigenvalue weighted by Gasteiger charge is -2.06. The Hall–Kier alpha value is 0.927. The summed E-state index contributed by atoms with van der Waals surface area (Å²) in [5.41, 5.74) is 0. The summed E-state index contributed by atoms with van der Waals surface area (Å²) in [6.45, 7) is 0.294.